The second-order valence-electron chi connectivity index (χ2n) is 10.5. The molecule has 1 aliphatic rings. The summed E-state index contributed by atoms with van der Waals surface area (Å²) >= 11 is 1.69. The maximum atomic E-state index is 14.0. The largest absolute Gasteiger partial charge is 0.497 e. The van der Waals surface area contributed by atoms with E-state index in [2.05, 4.69) is 30.6 Å². The third-order valence-corrected chi connectivity index (χ3v) is 8.09. The zero-order chi connectivity index (χ0) is 30.6. The molecule has 1 unspecified atom stereocenters. The van der Waals surface area contributed by atoms with Crippen LogP contribution in [0.15, 0.2) is 47.7 Å². The minimum Gasteiger partial charge on any atom is -0.497 e. The maximum absolute atomic E-state index is 14.0. The van der Waals surface area contributed by atoms with Crippen molar-refractivity contribution < 1.29 is 22.6 Å². The number of hydrogen-bond acceptors (Lipinski definition) is 10. The van der Waals surface area contributed by atoms with Crippen molar-refractivity contribution in [3.05, 3.63) is 74.9 Å². The Balaban J connectivity index is 1.14. The summed E-state index contributed by atoms with van der Waals surface area (Å²) in [5.41, 5.74) is -1.69. The van der Waals surface area contributed by atoms with Crippen LogP contribution in [-0.4, -0.2) is 62.6 Å². The number of ether oxygens (including phenoxy) is 2. The van der Waals surface area contributed by atoms with E-state index in [1.165, 1.54) is 12.0 Å². The van der Waals surface area contributed by atoms with E-state index in [9.17, 15) is 18.0 Å². The van der Waals surface area contributed by atoms with E-state index in [-0.39, 0.29) is 25.8 Å². The zero-order valence-corrected chi connectivity index (χ0v) is 24.9. The minimum atomic E-state index is -4.88. The molecule has 0 radical (unpaired) electrons. The second kappa shape index (κ2) is 13.1. The highest BCUT2D eigenvalue weighted by atomic mass is 32.1. The quantitative estimate of drug-likeness (QED) is 0.259. The van der Waals surface area contributed by atoms with Gasteiger partial charge in [0, 0.05) is 30.2 Å². The van der Waals surface area contributed by atoms with Gasteiger partial charge in [-0.25, -0.2) is 14.3 Å². The minimum absolute atomic E-state index is 0.0741. The van der Waals surface area contributed by atoms with Crippen LogP contribution in [0.4, 0.5) is 24.0 Å². The van der Waals surface area contributed by atoms with Gasteiger partial charge in [0.2, 0.25) is 0 Å². The van der Waals surface area contributed by atoms with Crippen LogP contribution in [0.5, 0.6) is 5.75 Å². The van der Waals surface area contributed by atoms with E-state index in [0.717, 1.165) is 41.9 Å². The molecule has 1 fully saturated rings. The van der Waals surface area contributed by atoms with E-state index < -0.39 is 29.0 Å². The van der Waals surface area contributed by atoms with Crippen molar-refractivity contribution in [3.8, 4) is 5.75 Å². The summed E-state index contributed by atoms with van der Waals surface area (Å²) in [6.07, 6.45) is 1.71. The number of benzene rings is 1. The third-order valence-electron chi connectivity index (χ3n) is 7.11. The van der Waals surface area contributed by atoms with E-state index in [1.54, 1.807) is 42.5 Å². The number of thiazole rings is 1. The Bertz CT molecular complexity index is 1560. The molecule has 230 valence electrons. The molecule has 0 aliphatic carbocycles. The smallest absolute Gasteiger partial charge is 0.423 e. The molecule has 0 spiro atoms. The number of nitrogens with one attached hydrogen (secondary N) is 1. The molecule has 4 heterocycles. The number of nitrogens with zero attached hydrogens (tertiary/aromatic N) is 7. The summed E-state index contributed by atoms with van der Waals surface area (Å²) in [7, 11) is 1.51. The van der Waals surface area contributed by atoms with Crippen molar-refractivity contribution in [2.45, 2.75) is 58.1 Å². The molecular formula is C28H33F3N8O3S. The fourth-order valence-corrected chi connectivity index (χ4v) is 5.72. The average Bonchev–Trinajstić information content (AvgIpc) is 3.63. The Hall–Kier alpha value is -3.98. The van der Waals surface area contributed by atoms with Gasteiger partial charge >= 0.3 is 6.18 Å². The molecule has 1 atom stereocenters. The maximum Gasteiger partial charge on any atom is 0.423 e. The van der Waals surface area contributed by atoms with Crippen molar-refractivity contribution >= 4 is 22.2 Å². The highest BCUT2D eigenvalue weighted by Gasteiger charge is 2.38. The summed E-state index contributed by atoms with van der Waals surface area (Å²) in [6, 6.07) is 6.33. The van der Waals surface area contributed by atoms with Gasteiger partial charge in [0.15, 0.2) is 5.13 Å². The van der Waals surface area contributed by atoms with Crippen LogP contribution < -0.4 is 20.5 Å². The van der Waals surface area contributed by atoms with Crippen LogP contribution >= 0.6 is 11.3 Å². The summed E-state index contributed by atoms with van der Waals surface area (Å²) in [5, 5.41) is 16.2. The Morgan fingerprint density at radius 3 is 2.56 bits per heavy atom. The van der Waals surface area contributed by atoms with Gasteiger partial charge in [-0.3, -0.25) is 4.79 Å². The van der Waals surface area contributed by atoms with Crippen molar-refractivity contribution in [2.24, 2.45) is 0 Å². The lowest BCUT2D eigenvalue weighted by atomic mass is 10.1. The van der Waals surface area contributed by atoms with Gasteiger partial charge in [-0.15, -0.1) is 16.4 Å². The monoisotopic (exact) mass is 618 g/mol. The van der Waals surface area contributed by atoms with E-state index in [1.807, 2.05) is 24.0 Å². The fraction of sp³-hybridized carbons (Fsp3) is 0.464. The molecular weight excluding hydrogens is 585 g/mol. The molecule has 1 N–H and O–H groups in total. The standard InChI is InChI=1S/C28H33F3N8O3S/c1-18(16-42-17-21-15-38(36-35-21)22-8-10-37(11-9-22)27-32-12-19(2)43-27)34-24-13-33-39(26(40)25(24)28(29,30)31)14-20-4-6-23(41-3)7-5-20/h4-7,12-13,15,18,22,34H,8-11,14,16-17H2,1-3H3. The number of piperidine rings is 1. The lowest BCUT2D eigenvalue weighted by Crippen LogP contribution is -2.34. The lowest BCUT2D eigenvalue weighted by molar-refractivity contribution is -0.138. The van der Waals surface area contributed by atoms with Crippen molar-refractivity contribution in [1.82, 2.24) is 29.8 Å². The number of halogens is 3. The second-order valence-corrected chi connectivity index (χ2v) is 11.7. The molecule has 1 aliphatic heterocycles. The molecule has 15 heteroatoms. The number of alkyl halides is 3. The number of aromatic nitrogens is 6. The molecule has 1 aromatic carbocycles. The first-order valence-electron chi connectivity index (χ1n) is 13.8. The summed E-state index contributed by atoms with van der Waals surface area (Å²) in [4.78, 5) is 20.8. The van der Waals surface area contributed by atoms with E-state index in [0.29, 0.717) is 17.0 Å². The molecule has 5 rings (SSSR count). The number of anilines is 2. The molecule has 3 aromatic heterocycles. The molecule has 43 heavy (non-hydrogen) atoms. The Morgan fingerprint density at radius 1 is 1.16 bits per heavy atom. The third kappa shape index (κ3) is 7.51. The highest BCUT2D eigenvalue weighted by Crippen LogP contribution is 2.32. The van der Waals surface area contributed by atoms with Gasteiger partial charge in [-0.05, 0) is 44.4 Å². The van der Waals surface area contributed by atoms with Crippen molar-refractivity contribution in [1.29, 1.82) is 0 Å². The Kier molecular flexibility index (Phi) is 9.30. The van der Waals surface area contributed by atoms with Crippen LogP contribution in [0.1, 0.15) is 47.5 Å². The SMILES string of the molecule is COc1ccc(Cn2ncc(NC(C)COCc3cn(C4CCN(c5ncc(C)s5)CC4)nn3)c(C(F)(F)F)c2=O)cc1. The van der Waals surface area contributed by atoms with Crippen molar-refractivity contribution in [2.75, 3.05) is 37.0 Å². The summed E-state index contributed by atoms with van der Waals surface area (Å²) in [5.74, 6) is 0.596. The predicted octanol–water partition coefficient (Wildman–Crippen LogP) is 4.53. The molecule has 11 nitrogen and oxygen atoms in total. The Labute approximate surface area is 250 Å². The molecule has 0 amide bonds. The van der Waals surface area contributed by atoms with Gasteiger partial charge < -0.3 is 19.7 Å². The normalized spacial score (nSPS) is 15.1. The topological polar surface area (TPSA) is 112 Å². The first-order chi connectivity index (χ1) is 20.6. The fourth-order valence-electron chi connectivity index (χ4n) is 4.90. The number of aryl methyl sites for hydroxylation is 1. The van der Waals surface area contributed by atoms with Gasteiger partial charge in [0.05, 0.1) is 51.0 Å². The number of rotatable bonds is 11. The van der Waals surface area contributed by atoms with Crippen LogP contribution in [0.3, 0.4) is 0 Å². The van der Waals surface area contributed by atoms with Crippen LogP contribution in [0.25, 0.3) is 0 Å². The van der Waals surface area contributed by atoms with Gasteiger partial charge in [0.1, 0.15) is 17.0 Å². The Morgan fingerprint density at radius 2 is 1.91 bits per heavy atom. The van der Waals surface area contributed by atoms with Gasteiger partial charge in [0.25, 0.3) is 5.56 Å². The first-order valence-corrected chi connectivity index (χ1v) is 14.6. The number of methoxy groups -OCH3 is 1. The van der Waals surface area contributed by atoms with E-state index in [4.69, 9.17) is 9.47 Å². The lowest BCUT2D eigenvalue weighted by Gasteiger charge is -2.31. The zero-order valence-electron chi connectivity index (χ0n) is 24.0. The molecule has 4 aromatic rings. The van der Waals surface area contributed by atoms with Crippen LogP contribution in [0.2, 0.25) is 0 Å². The van der Waals surface area contributed by atoms with E-state index >= 15 is 0 Å². The van der Waals surface area contributed by atoms with Crippen LogP contribution in [0, 0.1) is 6.92 Å². The molecule has 0 saturated carbocycles. The van der Waals surface area contributed by atoms with Gasteiger partial charge in [-0.1, -0.05) is 17.3 Å². The summed E-state index contributed by atoms with van der Waals surface area (Å²) < 4.78 is 55.4. The number of hydrogen-bond donors (Lipinski definition) is 1. The van der Waals surface area contributed by atoms with Gasteiger partial charge in [-0.2, -0.15) is 18.3 Å². The molecule has 1 saturated heterocycles. The first kappa shape index (κ1) is 30.5. The predicted molar refractivity (Wildman–Crippen MR) is 156 cm³/mol. The van der Waals surface area contributed by atoms with Crippen LogP contribution in [-0.2, 0) is 24.1 Å². The molecule has 0 bridgehead atoms. The van der Waals surface area contributed by atoms with Crippen molar-refractivity contribution in [3.63, 3.8) is 0 Å². The average molecular weight is 619 g/mol. The highest BCUT2D eigenvalue weighted by molar-refractivity contribution is 7.15. The summed E-state index contributed by atoms with van der Waals surface area (Å²) in [6.45, 7) is 5.58.